The normalized spacial score (nSPS) is 11.7. The molecule has 3 aromatic rings. The van der Waals surface area contributed by atoms with Gasteiger partial charge < -0.3 is 10.5 Å². The van der Waals surface area contributed by atoms with Gasteiger partial charge in [0.15, 0.2) is 0 Å². The minimum Gasteiger partial charge on any atom is -0.406 e. The number of rotatable bonds is 4. The van der Waals surface area contributed by atoms with Crippen LogP contribution in [0.2, 0.25) is 0 Å². The van der Waals surface area contributed by atoms with E-state index in [1.54, 1.807) is 6.07 Å². The topological polar surface area (TPSA) is 56.7 Å². The first-order chi connectivity index (χ1) is 12.3. The molecule has 0 unspecified atom stereocenters. The van der Waals surface area contributed by atoms with Crippen molar-refractivity contribution in [3.05, 3.63) is 70.4 Å². The Morgan fingerprint density at radius 1 is 1.12 bits per heavy atom. The quantitative estimate of drug-likeness (QED) is 0.719. The van der Waals surface area contributed by atoms with Gasteiger partial charge >= 0.3 is 6.36 Å². The molecule has 0 saturated heterocycles. The summed E-state index contributed by atoms with van der Waals surface area (Å²) >= 11 is 0. The maximum atomic E-state index is 13.5. The molecule has 0 spiro atoms. The van der Waals surface area contributed by atoms with Crippen molar-refractivity contribution in [2.24, 2.45) is 5.73 Å². The minimum atomic E-state index is -4.85. The highest BCUT2D eigenvalue weighted by atomic mass is 19.4. The van der Waals surface area contributed by atoms with Crippen LogP contribution in [-0.4, -0.2) is 17.3 Å². The zero-order valence-corrected chi connectivity index (χ0v) is 13.4. The molecule has 0 amide bonds. The van der Waals surface area contributed by atoms with Crippen LogP contribution >= 0.6 is 0 Å². The number of hydrogen-bond donors (Lipinski definition) is 1. The standard InChI is InChI=1S/C18H14F4N2O2/c19-13-4-5-14-8-12(6-7-23)16(17(25)24(14)10-13)11-2-1-3-15(9-11)26-18(20,21)22/h1-5,8-10H,6-7,23H2. The van der Waals surface area contributed by atoms with Crippen molar-refractivity contribution in [1.82, 2.24) is 4.40 Å². The van der Waals surface area contributed by atoms with E-state index in [9.17, 15) is 22.4 Å². The first-order valence-electron chi connectivity index (χ1n) is 7.68. The predicted octanol–water partition coefficient (Wildman–Crippen LogP) is 3.51. The third-order valence-corrected chi connectivity index (χ3v) is 3.79. The Labute approximate surface area is 145 Å². The molecule has 0 aliphatic carbocycles. The molecule has 2 heterocycles. The molecule has 0 saturated carbocycles. The Morgan fingerprint density at radius 3 is 2.58 bits per heavy atom. The van der Waals surface area contributed by atoms with Crippen LogP contribution in [-0.2, 0) is 6.42 Å². The number of hydrogen-bond acceptors (Lipinski definition) is 3. The van der Waals surface area contributed by atoms with E-state index in [0.717, 1.165) is 22.7 Å². The van der Waals surface area contributed by atoms with Gasteiger partial charge in [-0.25, -0.2) is 4.39 Å². The Kier molecular flexibility index (Phi) is 4.69. The summed E-state index contributed by atoms with van der Waals surface area (Å²) in [5.74, 6) is -1.05. The summed E-state index contributed by atoms with van der Waals surface area (Å²) in [6.45, 7) is 0.239. The summed E-state index contributed by atoms with van der Waals surface area (Å²) < 4.78 is 55.9. The maximum Gasteiger partial charge on any atom is 0.573 e. The number of aromatic nitrogens is 1. The first-order valence-corrected chi connectivity index (χ1v) is 7.68. The number of nitrogens with two attached hydrogens (primary N) is 1. The molecule has 136 valence electrons. The highest BCUT2D eigenvalue weighted by molar-refractivity contribution is 5.71. The first kappa shape index (κ1) is 17.9. The van der Waals surface area contributed by atoms with Crippen molar-refractivity contribution in [2.45, 2.75) is 12.8 Å². The Hall–Kier alpha value is -2.87. The third-order valence-electron chi connectivity index (χ3n) is 3.79. The summed E-state index contributed by atoms with van der Waals surface area (Å²) in [7, 11) is 0. The highest BCUT2D eigenvalue weighted by Gasteiger charge is 2.31. The lowest BCUT2D eigenvalue weighted by molar-refractivity contribution is -0.274. The predicted molar refractivity (Wildman–Crippen MR) is 88.5 cm³/mol. The van der Waals surface area contributed by atoms with Crippen LogP contribution in [0.25, 0.3) is 16.6 Å². The van der Waals surface area contributed by atoms with Gasteiger partial charge in [0.05, 0.1) is 5.56 Å². The Morgan fingerprint density at radius 2 is 1.88 bits per heavy atom. The molecular weight excluding hydrogens is 352 g/mol. The van der Waals surface area contributed by atoms with Gasteiger partial charge in [-0.1, -0.05) is 12.1 Å². The molecule has 0 aliphatic heterocycles. The van der Waals surface area contributed by atoms with E-state index in [1.807, 2.05) is 0 Å². The molecule has 0 atom stereocenters. The van der Waals surface area contributed by atoms with E-state index in [2.05, 4.69) is 4.74 Å². The molecule has 1 aromatic carbocycles. The van der Waals surface area contributed by atoms with Crippen LogP contribution in [0.1, 0.15) is 5.56 Å². The van der Waals surface area contributed by atoms with E-state index < -0.39 is 23.5 Å². The van der Waals surface area contributed by atoms with Crippen molar-refractivity contribution in [1.29, 1.82) is 0 Å². The summed E-state index contributed by atoms with van der Waals surface area (Å²) in [4.78, 5) is 12.9. The summed E-state index contributed by atoms with van der Waals surface area (Å²) in [5, 5.41) is 0. The smallest absolute Gasteiger partial charge is 0.406 e. The second-order valence-corrected chi connectivity index (χ2v) is 5.61. The van der Waals surface area contributed by atoms with E-state index in [-0.39, 0.29) is 17.7 Å². The van der Waals surface area contributed by atoms with Crippen LogP contribution in [0.5, 0.6) is 5.75 Å². The highest BCUT2D eigenvalue weighted by Crippen LogP contribution is 2.29. The maximum absolute atomic E-state index is 13.5. The second-order valence-electron chi connectivity index (χ2n) is 5.61. The molecule has 2 aromatic heterocycles. The van der Waals surface area contributed by atoms with E-state index in [1.165, 1.54) is 24.3 Å². The fourth-order valence-corrected chi connectivity index (χ4v) is 2.80. The van der Waals surface area contributed by atoms with Crippen LogP contribution in [0.3, 0.4) is 0 Å². The molecule has 4 nitrogen and oxygen atoms in total. The number of ether oxygens (including phenoxy) is 1. The molecule has 0 aliphatic rings. The molecule has 0 radical (unpaired) electrons. The van der Waals surface area contributed by atoms with Gasteiger partial charge in [0.25, 0.3) is 5.56 Å². The molecule has 3 rings (SSSR count). The lowest BCUT2D eigenvalue weighted by Gasteiger charge is -2.13. The second kappa shape index (κ2) is 6.80. The van der Waals surface area contributed by atoms with Crippen molar-refractivity contribution >= 4 is 5.52 Å². The fraction of sp³-hybridized carbons (Fsp3) is 0.167. The van der Waals surface area contributed by atoms with E-state index in [4.69, 9.17) is 5.73 Å². The number of alkyl halides is 3. The van der Waals surface area contributed by atoms with Crippen molar-refractivity contribution in [3.8, 4) is 16.9 Å². The van der Waals surface area contributed by atoms with Crippen molar-refractivity contribution in [2.75, 3.05) is 6.54 Å². The SMILES string of the molecule is NCCc1cc2ccc(F)cn2c(=O)c1-c1cccc(OC(F)(F)F)c1. The van der Waals surface area contributed by atoms with Crippen molar-refractivity contribution < 1.29 is 22.3 Å². The van der Waals surface area contributed by atoms with Gasteiger partial charge in [0.2, 0.25) is 0 Å². The van der Waals surface area contributed by atoms with E-state index in [0.29, 0.717) is 17.5 Å². The average Bonchev–Trinajstić information content (AvgIpc) is 2.55. The van der Waals surface area contributed by atoms with Gasteiger partial charge in [0, 0.05) is 11.7 Å². The summed E-state index contributed by atoms with van der Waals surface area (Å²) in [5.41, 5.74) is 6.47. The van der Waals surface area contributed by atoms with E-state index >= 15 is 0 Å². The van der Waals surface area contributed by atoms with Crippen LogP contribution in [0.15, 0.2) is 53.5 Å². The lowest BCUT2D eigenvalue weighted by Crippen LogP contribution is -2.20. The van der Waals surface area contributed by atoms with Crippen LogP contribution < -0.4 is 16.0 Å². The average molecular weight is 366 g/mol. The van der Waals surface area contributed by atoms with Gasteiger partial charge in [0.1, 0.15) is 11.6 Å². The summed E-state index contributed by atoms with van der Waals surface area (Å²) in [6, 6.07) is 9.44. The molecular formula is C18H14F4N2O2. The van der Waals surface area contributed by atoms with Gasteiger partial charge in [-0.05, 0) is 54.4 Å². The number of pyridine rings is 2. The Bertz CT molecular complexity index is 1010. The molecule has 0 bridgehead atoms. The molecule has 0 fully saturated rings. The Balaban J connectivity index is 2.23. The molecule has 26 heavy (non-hydrogen) atoms. The zero-order chi connectivity index (χ0) is 18.9. The number of nitrogens with zero attached hydrogens (tertiary/aromatic N) is 1. The molecule has 8 heteroatoms. The summed E-state index contributed by atoms with van der Waals surface area (Å²) in [6.07, 6.45) is -3.48. The van der Waals surface area contributed by atoms with Crippen molar-refractivity contribution in [3.63, 3.8) is 0 Å². The van der Waals surface area contributed by atoms with Crippen LogP contribution in [0, 0.1) is 5.82 Å². The fourth-order valence-electron chi connectivity index (χ4n) is 2.80. The number of fused-ring (bicyclic) bond motifs is 1. The van der Waals surface area contributed by atoms with Gasteiger partial charge in [-0.15, -0.1) is 13.2 Å². The zero-order valence-electron chi connectivity index (χ0n) is 13.4. The largest absolute Gasteiger partial charge is 0.573 e. The number of benzene rings is 1. The third kappa shape index (κ3) is 3.70. The van der Waals surface area contributed by atoms with Gasteiger partial charge in [-0.3, -0.25) is 9.20 Å². The van der Waals surface area contributed by atoms with Crippen LogP contribution in [0.4, 0.5) is 17.6 Å². The monoisotopic (exact) mass is 366 g/mol. The number of halogens is 4. The minimum absolute atomic E-state index is 0.158. The lowest BCUT2D eigenvalue weighted by atomic mass is 9.98. The molecule has 2 N–H and O–H groups in total. The van der Waals surface area contributed by atoms with Gasteiger partial charge in [-0.2, -0.15) is 0 Å².